The van der Waals surface area contributed by atoms with Crippen LogP contribution in [0.2, 0.25) is 0 Å². The summed E-state index contributed by atoms with van der Waals surface area (Å²) in [6.07, 6.45) is 0.655. The molecule has 0 aliphatic heterocycles. The first-order valence-electron chi connectivity index (χ1n) is 4.41. The topological polar surface area (TPSA) is 84.6 Å². The number of rotatable bonds is 7. The molecular formula is C8H18N2O3S. The minimum atomic E-state index is -0.313. The van der Waals surface area contributed by atoms with Gasteiger partial charge in [-0.25, -0.2) is 5.84 Å². The number of ether oxygens (including phenoxy) is 1. The first-order valence-corrected chi connectivity index (χ1v) is 5.35. The summed E-state index contributed by atoms with van der Waals surface area (Å²) in [5, 5.41) is 8.60. The maximum absolute atomic E-state index is 11.2. The van der Waals surface area contributed by atoms with Gasteiger partial charge < -0.3 is 9.84 Å². The summed E-state index contributed by atoms with van der Waals surface area (Å²) in [5.74, 6) is 4.79. The third kappa shape index (κ3) is 5.43. The van der Waals surface area contributed by atoms with Crippen molar-refractivity contribution in [3.05, 3.63) is 0 Å². The van der Waals surface area contributed by atoms with E-state index >= 15 is 0 Å². The van der Waals surface area contributed by atoms with Crippen molar-refractivity contribution in [2.75, 3.05) is 20.3 Å². The Morgan fingerprint density at radius 3 is 2.79 bits per heavy atom. The molecule has 84 valence electrons. The van der Waals surface area contributed by atoms with Crippen LogP contribution in [0.1, 0.15) is 13.3 Å². The van der Waals surface area contributed by atoms with E-state index < -0.39 is 0 Å². The molecule has 0 aliphatic carbocycles. The van der Waals surface area contributed by atoms with Crippen molar-refractivity contribution < 1.29 is 14.6 Å². The molecule has 0 spiro atoms. The van der Waals surface area contributed by atoms with E-state index in [0.717, 1.165) is 0 Å². The van der Waals surface area contributed by atoms with Crippen LogP contribution in [0.4, 0.5) is 0 Å². The van der Waals surface area contributed by atoms with E-state index in [0.29, 0.717) is 13.0 Å². The molecule has 6 heteroatoms. The zero-order valence-corrected chi connectivity index (χ0v) is 9.34. The fourth-order valence-corrected chi connectivity index (χ4v) is 2.16. The Kier molecular flexibility index (Phi) is 7.87. The zero-order chi connectivity index (χ0) is 11.0. The monoisotopic (exact) mass is 222 g/mol. The molecule has 0 aromatic carbocycles. The van der Waals surface area contributed by atoms with Gasteiger partial charge in [-0.2, -0.15) is 0 Å². The van der Waals surface area contributed by atoms with Crippen LogP contribution < -0.4 is 11.3 Å². The lowest BCUT2D eigenvalue weighted by atomic mass is 10.3. The molecule has 0 saturated heterocycles. The van der Waals surface area contributed by atoms with Gasteiger partial charge in [0.05, 0.1) is 6.61 Å². The molecule has 0 aliphatic rings. The number of aliphatic hydroxyl groups is 1. The first kappa shape index (κ1) is 13.7. The normalized spacial score (nSPS) is 14.9. The number of amides is 1. The molecule has 1 amide bonds. The van der Waals surface area contributed by atoms with Crippen molar-refractivity contribution >= 4 is 17.7 Å². The van der Waals surface area contributed by atoms with E-state index in [1.807, 2.05) is 6.92 Å². The van der Waals surface area contributed by atoms with Gasteiger partial charge in [0.2, 0.25) is 5.91 Å². The minimum Gasteiger partial charge on any atom is -0.396 e. The predicted molar refractivity (Wildman–Crippen MR) is 56.7 cm³/mol. The summed E-state index contributed by atoms with van der Waals surface area (Å²) in [7, 11) is 1.54. The van der Waals surface area contributed by atoms with E-state index in [9.17, 15) is 4.79 Å². The standard InChI is InChI=1S/C8H18N2O3S/c1-6(3-4-11)14-7(5-13-2)8(12)10-9/h6-7,11H,3-5,9H2,1-2H3,(H,10,12). The number of nitrogens with two attached hydrogens (primary N) is 1. The Hall–Kier alpha value is -0.300. The number of hydrazine groups is 1. The highest BCUT2D eigenvalue weighted by Gasteiger charge is 2.20. The van der Waals surface area contributed by atoms with Crippen molar-refractivity contribution in [2.24, 2.45) is 5.84 Å². The van der Waals surface area contributed by atoms with Crippen LogP contribution in [0.25, 0.3) is 0 Å². The van der Waals surface area contributed by atoms with Gasteiger partial charge in [0.15, 0.2) is 0 Å². The second kappa shape index (κ2) is 8.05. The highest BCUT2D eigenvalue weighted by atomic mass is 32.2. The molecule has 0 aromatic rings. The number of nitrogens with one attached hydrogen (secondary N) is 1. The van der Waals surface area contributed by atoms with Gasteiger partial charge in [0.1, 0.15) is 5.25 Å². The van der Waals surface area contributed by atoms with Gasteiger partial charge in [-0.1, -0.05) is 6.92 Å². The van der Waals surface area contributed by atoms with Crippen LogP contribution in [0.3, 0.4) is 0 Å². The Morgan fingerprint density at radius 1 is 1.71 bits per heavy atom. The Balaban J connectivity index is 4.01. The second-order valence-corrected chi connectivity index (χ2v) is 4.56. The lowest BCUT2D eigenvalue weighted by Crippen LogP contribution is -2.40. The third-order valence-corrected chi connectivity index (χ3v) is 3.06. The van der Waals surface area contributed by atoms with Crippen LogP contribution >= 0.6 is 11.8 Å². The summed E-state index contributed by atoms with van der Waals surface area (Å²) >= 11 is 1.45. The zero-order valence-electron chi connectivity index (χ0n) is 8.53. The number of carbonyl (C=O) groups excluding carboxylic acids is 1. The highest BCUT2D eigenvalue weighted by molar-refractivity contribution is 8.01. The van der Waals surface area contributed by atoms with Crippen molar-refractivity contribution in [1.29, 1.82) is 0 Å². The van der Waals surface area contributed by atoms with E-state index in [-0.39, 0.29) is 23.0 Å². The van der Waals surface area contributed by atoms with Gasteiger partial charge in [-0.3, -0.25) is 10.2 Å². The number of hydrogen-bond donors (Lipinski definition) is 3. The number of hydrogen-bond acceptors (Lipinski definition) is 5. The van der Waals surface area contributed by atoms with Gasteiger partial charge in [-0.05, 0) is 6.42 Å². The van der Waals surface area contributed by atoms with Gasteiger partial charge in [0.25, 0.3) is 0 Å². The smallest absolute Gasteiger partial charge is 0.249 e. The molecule has 0 rings (SSSR count). The van der Waals surface area contributed by atoms with E-state index in [1.165, 1.54) is 18.9 Å². The van der Waals surface area contributed by atoms with Crippen LogP contribution in [0.5, 0.6) is 0 Å². The maximum atomic E-state index is 11.2. The molecule has 0 radical (unpaired) electrons. The molecule has 2 unspecified atom stereocenters. The van der Waals surface area contributed by atoms with Crippen LogP contribution in [-0.4, -0.2) is 41.8 Å². The fraction of sp³-hybridized carbons (Fsp3) is 0.875. The molecule has 4 N–H and O–H groups in total. The summed E-state index contributed by atoms with van der Waals surface area (Å²) in [6, 6.07) is 0. The summed E-state index contributed by atoms with van der Waals surface area (Å²) < 4.78 is 4.91. The Bertz CT molecular complexity index is 169. The van der Waals surface area contributed by atoms with Crippen LogP contribution in [0.15, 0.2) is 0 Å². The number of methoxy groups -OCH3 is 1. The first-order chi connectivity index (χ1) is 6.65. The Labute approximate surface area is 88.3 Å². The predicted octanol–water partition coefficient (Wildman–Crippen LogP) is -0.505. The largest absolute Gasteiger partial charge is 0.396 e. The SMILES string of the molecule is COCC(SC(C)CCO)C(=O)NN. The summed E-state index contributed by atoms with van der Waals surface area (Å²) in [4.78, 5) is 11.2. The van der Waals surface area contributed by atoms with E-state index in [4.69, 9.17) is 15.7 Å². The fourth-order valence-electron chi connectivity index (χ4n) is 0.951. The van der Waals surface area contributed by atoms with Gasteiger partial charge >= 0.3 is 0 Å². The van der Waals surface area contributed by atoms with Crippen LogP contribution in [0, 0.1) is 0 Å². The quantitative estimate of drug-likeness (QED) is 0.307. The molecule has 5 nitrogen and oxygen atoms in total. The van der Waals surface area contributed by atoms with Crippen molar-refractivity contribution in [1.82, 2.24) is 5.43 Å². The average molecular weight is 222 g/mol. The molecule has 0 aromatic heterocycles. The highest BCUT2D eigenvalue weighted by Crippen LogP contribution is 2.20. The van der Waals surface area contributed by atoms with Crippen LogP contribution in [-0.2, 0) is 9.53 Å². The average Bonchev–Trinajstić information content (AvgIpc) is 2.16. The lowest BCUT2D eigenvalue weighted by Gasteiger charge is -2.17. The third-order valence-electron chi connectivity index (χ3n) is 1.68. The van der Waals surface area contributed by atoms with E-state index in [2.05, 4.69) is 5.43 Å². The number of aliphatic hydroxyl groups excluding tert-OH is 1. The molecule has 2 atom stereocenters. The van der Waals surface area contributed by atoms with Crippen molar-refractivity contribution in [3.63, 3.8) is 0 Å². The van der Waals surface area contributed by atoms with Crippen molar-refractivity contribution in [3.8, 4) is 0 Å². The second-order valence-electron chi connectivity index (χ2n) is 2.91. The Morgan fingerprint density at radius 2 is 2.36 bits per heavy atom. The lowest BCUT2D eigenvalue weighted by molar-refractivity contribution is -0.121. The van der Waals surface area contributed by atoms with Gasteiger partial charge in [0, 0.05) is 19.0 Å². The molecule has 0 bridgehead atoms. The number of carbonyl (C=O) groups is 1. The molecule has 0 heterocycles. The molecule has 0 saturated carbocycles. The maximum Gasteiger partial charge on any atom is 0.249 e. The van der Waals surface area contributed by atoms with E-state index in [1.54, 1.807) is 0 Å². The van der Waals surface area contributed by atoms with Gasteiger partial charge in [-0.15, -0.1) is 11.8 Å². The minimum absolute atomic E-state index is 0.123. The summed E-state index contributed by atoms with van der Waals surface area (Å²) in [6.45, 7) is 2.40. The van der Waals surface area contributed by atoms with Crippen molar-refractivity contribution in [2.45, 2.75) is 23.8 Å². The molecule has 14 heavy (non-hydrogen) atoms. The number of thioether (sulfide) groups is 1. The molecule has 0 fully saturated rings. The summed E-state index contributed by atoms with van der Waals surface area (Å²) in [5.41, 5.74) is 2.10. The molecular weight excluding hydrogens is 204 g/mol.